The van der Waals surface area contributed by atoms with Crippen LogP contribution in [-0.4, -0.2) is 41.5 Å². The van der Waals surface area contributed by atoms with E-state index in [0.29, 0.717) is 31.0 Å². The lowest BCUT2D eigenvalue weighted by Crippen LogP contribution is -2.42. The maximum Gasteiger partial charge on any atom is 0.360 e. The van der Waals surface area contributed by atoms with Gasteiger partial charge in [-0.25, -0.2) is 0 Å². The summed E-state index contributed by atoms with van der Waals surface area (Å²) in [6.07, 6.45) is 0. The number of hydroxylamine groups is 2. The Balaban J connectivity index is 0. The predicted molar refractivity (Wildman–Crippen MR) is 101 cm³/mol. The van der Waals surface area contributed by atoms with E-state index in [1.807, 2.05) is 25.7 Å². The predicted octanol–water partition coefficient (Wildman–Crippen LogP) is 3.82. The van der Waals surface area contributed by atoms with Gasteiger partial charge in [0.1, 0.15) is 12.2 Å². The molecular weight excluding hydrogens is 359 g/mol. The number of nitro benzene ring substituents is 1. The summed E-state index contributed by atoms with van der Waals surface area (Å²) >= 11 is 0. The molecule has 0 aromatic heterocycles. The highest BCUT2D eigenvalue weighted by Crippen LogP contribution is 2.43. The Hall–Kier alpha value is -1.32. The van der Waals surface area contributed by atoms with Crippen LogP contribution in [-0.2, 0) is 0 Å². The molecule has 0 aliphatic heterocycles. The van der Waals surface area contributed by atoms with Gasteiger partial charge < -0.3 is 10.2 Å². The van der Waals surface area contributed by atoms with Crippen molar-refractivity contribution in [1.29, 1.82) is 0 Å². The van der Waals surface area contributed by atoms with Gasteiger partial charge in [-0.3, -0.25) is 10.1 Å². The molecular formula is C14H27Cl2N4O4+. The van der Waals surface area contributed by atoms with Crippen LogP contribution in [0.25, 0.3) is 0 Å². The molecule has 140 valence electrons. The summed E-state index contributed by atoms with van der Waals surface area (Å²) in [5, 5.41) is 34.6. The first-order chi connectivity index (χ1) is 10.3. The Morgan fingerprint density at radius 2 is 1.71 bits per heavy atom. The zero-order chi connectivity index (χ0) is 16.9. The van der Waals surface area contributed by atoms with Crippen molar-refractivity contribution < 1.29 is 15.3 Å². The third kappa shape index (κ3) is 5.09. The van der Waals surface area contributed by atoms with Gasteiger partial charge in [0.25, 0.3) is 5.69 Å². The number of quaternary nitrogens is 1. The minimum absolute atomic E-state index is 0. The number of nitrogens with zero attached hydrogens (tertiary/aromatic N) is 3. The summed E-state index contributed by atoms with van der Waals surface area (Å²) in [4.78, 5) is 11.4. The molecule has 3 N–H and O–H groups in total. The molecule has 0 atom stereocenters. The van der Waals surface area contributed by atoms with E-state index in [2.05, 4.69) is 5.32 Å². The van der Waals surface area contributed by atoms with Crippen molar-refractivity contribution in [3.05, 3.63) is 22.2 Å². The van der Waals surface area contributed by atoms with Crippen LogP contribution in [0.4, 0.5) is 22.7 Å². The second-order valence-electron chi connectivity index (χ2n) is 4.83. The van der Waals surface area contributed by atoms with Crippen molar-refractivity contribution in [3.8, 4) is 0 Å². The van der Waals surface area contributed by atoms with Gasteiger partial charge in [-0.1, -0.05) is 0 Å². The molecule has 1 aromatic rings. The number of benzene rings is 1. The second-order valence-corrected chi connectivity index (χ2v) is 4.83. The van der Waals surface area contributed by atoms with Crippen LogP contribution in [0.1, 0.15) is 27.7 Å². The number of hydrogen-bond donors (Lipinski definition) is 3. The highest BCUT2D eigenvalue weighted by Gasteiger charge is 2.38. The van der Waals surface area contributed by atoms with Crippen LogP contribution in [0.3, 0.4) is 0 Å². The number of halogens is 2. The van der Waals surface area contributed by atoms with Gasteiger partial charge in [-0.15, -0.1) is 24.8 Å². The lowest BCUT2D eigenvalue weighted by Gasteiger charge is -2.26. The Labute approximate surface area is 154 Å². The van der Waals surface area contributed by atoms with E-state index in [0.717, 1.165) is 0 Å². The summed E-state index contributed by atoms with van der Waals surface area (Å²) in [6.45, 7) is 9.07. The minimum atomic E-state index is -1.52. The van der Waals surface area contributed by atoms with Crippen molar-refractivity contribution >= 4 is 47.6 Å². The van der Waals surface area contributed by atoms with Gasteiger partial charge in [0.15, 0.2) is 0 Å². The Kier molecular flexibility index (Phi) is 10.9. The van der Waals surface area contributed by atoms with E-state index in [9.17, 15) is 20.5 Å². The van der Waals surface area contributed by atoms with E-state index in [1.54, 1.807) is 6.07 Å². The summed E-state index contributed by atoms with van der Waals surface area (Å²) in [5.41, 5.74) is 0.531. The fraction of sp³-hybridized carbons (Fsp3) is 0.571. The molecule has 8 nitrogen and oxygen atoms in total. The lowest BCUT2D eigenvalue weighted by molar-refractivity contribution is -0.388. The third-order valence-corrected chi connectivity index (χ3v) is 3.60. The third-order valence-electron chi connectivity index (χ3n) is 3.60. The minimum Gasteiger partial charge on any atom is -0.378 e. The van der Waals surface area contributed by atoms with Crippen molar-refractivity contribution in [2.24, 2.45) is 0 Å². The SMILES string of the molecule is CCNc1c(N(CC)CC)ccc([N+](O)(O)CC)c1[N+](=O)[O-].Cl.Cl. The average Bonchev–Trinajstić information content (AvgIpc) is 2.49. The van der Waals surface area contributed by atoms with Gasteiger partial charge in [-0.05, 0) is 38.6 Å². The van der Waals surface area contributed by atoms with Crippen LogP contribution < -0.4 is 15.0 Å². The molecule has 0 heterocycles. The maximum absolute atomic E-state index is 11.5. The molecule has 0 unspecified atom stereocenters. The van der Waals surface area contributed by atoms with E-state index < -0.39 is 9.73 Å². The molecule has 0 fully saturated rings. The molecule has 0 amide bonds. The highest BCUT2D eigenvalue weighted by atomic mass is 35.5. The van der Waals surface area contributed by atoms with Gasteiger partial charge in [0.05, 0.1) is 10.6 Å². The largest absolute Gasteiger partial charge is 0.378 e. The number of nitro groups is 1. The number of nitrogens with one attached hydrogen (secondary N) is 1. The Bertz CT molecular complexity index is 540. The first-order valence-corrected chi connectivity index (χ1v) is 7.48. The summed E-state index contributed by atoms with van der Waals surface area (Å²) < 4.78 is 0. The first-order valence-electron chi connectivity index (χ1n) is 7.48. The summed E-state index contributed by atoms with van der Waals surface area (Å²) in [7, 11) is 0. The summed E-state index contributed by atoms with van der Waals surface area (Å²) in [5.74, 6) is 0. The Morgan fingerprint density at radius 1 is 1.17 bits per heavy atom. The zero-order valence-corrected chi connectivity index (χ0v) is 16.0. The molecule has 0 bridgehead atoms. The molecule has 1 rings (SSSR count). The second kappa shape index (κ2) is 10.5. The van der Waals surface area contributed by atoms with Crippen molar-refractivity contribution in [3.63, 3.8) is 0 Å². The quantitative estimate of drug-likeness (QED) is 0.357. The van der Waals surface area contributed by atoms with E-state index in [-0.39, 0.29) is 42.7 Å². The normalized spacial score (nSPS) is 10.4. The van der Waals surface area contributed by atoms with Crippen LogP contribution in [0.2, 0.25) is 0 Å². The molecule has 0 aliphatic carbocycles. The molecule has 0 aliphatic rings. The van der Waals surface area contributed by atoms with Crippen molar-refractivity contribution in [1.82, 2.24) is 4.81 Å². The average molecular weight is 386 g/mol. The Morgan fingerprint density at radius 3 is 2.08 bits per heavy atom. The summed E-state index contributed by atoms with van der Waals surface area (Å²) in [6, 6.07) is 3.08. The number of hydrogen-bond acceptors (Lipinski definition) is 6. The molecule has 10 heteroatoms. The van der Waals surface area contributed by atoms with Crippen LogP contribution >= 0.6 is 24.8 Å². The smallest absolute Gasteiger partial charge is 0.360 e. The highest BCUT2D eigenvalue weighted by molar-refractivity contribution is 5.86. The van der Waals surface area contributed by atoms with E-state index in [4.69, 9.17) is 0 Å². The lowest BCUT2D eigenvalue weighted by atomic mass is 10.1. The monoisotopic (exact) mass is 385 g/mol. The van der Waals surface area contributed by atoms with Gasteiger partial charge in [0, 0.05) is 25.7 Å². The topological polar surface area (TPSA) is 98.9 Å². The molecule has 0 saturated carbocycles. The van der Waals surface area contributed by atoms with Gasteiger partial charge >= 0.3 is 5.69 Å². The first kappa shape index (κ1) is 24.9. The molecule has 0 saturated heterocycles. The van der Waals surface area contributed by atoms with Gasteiger partial charge in [-0.2, -0.15) is 10.4 Å². The maximum atomic E-state index is 11.5. The number of rotatable bonds is 8. The van der Waals surface area contributed by atoms with E-state index in [1.165, 1.54) is 13.0 Å². The van der Waals surface area contributed by atoms with E-state index >= 15 is 0 Å². The zero-order valence-electron chi connectivity index (χ0n) is 14.4. The van der Waals surface area contributed by atoms with Crippen molar-refractivity contribution in [2.45, 2.75) is 27.7 Å². The molecule has 24 heavy (non-hydrogen) atoms. The van der Waals surface area contributed by atoms with Crippen LogP contribution in [0.5, 0.6) is 0 Å². The number of anilines is 2. The molecule has 0 radical (unpaired) electrons. The van der Waals surface area contributed by atoms with Gasteiger partial charge in [0.2, 0.25) is 0 Å². The fourth-order valence-corrected chi connectivity index (χ4v) is 2.39. The molecule has 1 aromatic carbocycles. The van der Waals surface area contributed by atoms with Crippen molar-refractivity contribution in [2.75, 3.05) is 36.4 Å². The standard InChI is InChI=1S/C14H25N4O4.2ClH/c1-5-15-13-11(16(6-2)7-3)9-10-12(14(13)17(19)20)18(21,22)8-4;;/h9-10,15,21-22H,5-8H2,1-4H3;2*1H/q+1;;. The van der Waals surface area contributed by atoms with Crippen LogP contribution in [0.15, 0.2) is 12.1 Å². The fourth-order valence-electron chi connectivity index (χ4n) is 2.39. The van der Waals surface area contributed by atoms with Crippen LogP contribution in [0, 0.1) is 10.1 Å². The molecule has 0 spiro atoms.